The van der Waals surface area contributed by atoms with Crippen LogP contribution in [0.2, 0.25) is 0 Å². The van der Waals surface area contributed by atoms with Crippen molar-refractivity contribution in [2.45, 2.75) is 41.0 Å². The highest BCUT2D eigenvalue weighted by atomic mass is 127. The van der Waals surface area contributed by atoms with Gasteiger partial charge in [-0.05, 0) is 29.1 Å². The molecular formula is C11H21I. The molecule has 0 aromatic carbocycles. The number of halogens is 1. The molecule has 1 aliphatic rings. The Kier molecular flexibility index (Phi) is 2.83. The Morgan fingerprint density at radius 1 is 1.25 bits per heavy atom. The standard InChI is InChI=1S/C11H21I/c1-8-6-9(2)11(8,7-12)10(3,4)5/h8-9H,6-7H2,1-5H3. The lowest BCUT2D eigenvalue weighted by atomic mass is 9.45. The highest BCUT2D eigenvalue weighted by Crippen LogP contribution is 2.61. The van der Waals surface area contributed by atoms with Crippen molar-refractivity contribution in [1.82, 2.24) is 0 Å². The molecule has 0 spiro atoms. The Morgan fingerprint density at radius 3 is 1.75 bits per heavy atom. The van der Waals surface area contributed by atoms with Gasteiger partial charge in [-0.2, -0.15) is 0 Å². The maximum Gasteiger partial charge on any atom is 0.00621 e. The lowest BCUT2D eigenvalue weighted by Gasteiger charge is -2.61. The smallest absolute Gasteiger partial charge is 0.00621 e. The SMILES string of the molecule is CC1CC(C)C1(CI)C(C)(C)C. The van der Waals surface area contributed by atoms with Crippen LogP contribution in [0, 0.1) is 22.7 Å². The van der Waals surface area contributed by atoms with Crippen molar-refractivity contribution < 1.29 is 0 Å². The summed E-state index contributed by atoms with van der Waals surface area (Å²) in [6.07, 6.45) is 1.43. The largest absolute Gasteiger partial charge is 0.0857 e. The van der Waals surface area contributed by atoms with Gasteiger partial charge in [0.05, 0.1) is 0 Å². The highest BCUT2D eigenvalue weighted by molar-refractivity contribution is 14.1. The second-order valence-electron chi connectivity index (χ2n) is 5.46. The van der Waals surface area contributed by atoms with E-state index >= 15 is 0 Å². The van der Waals surface area contributed by atoms with Crippen molar-refractivity contribution in [3.05, 3.63) is 0 Å². The molecule has 1 heteroatoms. The Bertz CT molecular complexity index is 158. The third-order valence-corrected chi connectivity index (χ3v) is 5.35. The van der Waals surface area contributed by atoms with Gasteiger partial charge in [0.1, 0.15) is 0 Å². The van der Waals surface area contributed by atoms with Gasteiger partial charge >= 0.3 is 0 Å². The molecule has 0 nitrogen and oxygen atoms in total. The molecule has 0 radical (unpaired) electrons. The van der Waals surface area contributed by atoms with Crippen LogP contribution in [0.4, 0.5) is 0 Å². The lowest BCUT2D eigenvalue weighted by molar-refractivity contribution is -0.0983. The van der Waals surface area contributed by atoms with Gasteiger partial charge in [-0.15, -0.1) is 0 Å². The molecule has 2 unspecified atom stereocenters. The van der Waals surface area contributed by atoms with Gasteiger partial charge in [0, 0.05) is 4.43 Å². The van der Waals surface area contributed by atoms with Crippen molar-refractivity contribution in [2.75, 3.05) is 4.43 Å². The predicted octanol–water partition coefficient (Wildman–Crippen LogP) is 4.13. The predicted molar refractivity (Wildman–Crippen MR) is 63.7 cm³/mol. The fourth-order valence-corrected chi connectivity index (χ4v) is 5.87. The topological polar surface area (TPSA) is 0 Å². The van der Waals surface area contributed by atoms with E-state index < -0.39 is 0 Å². The first-order chi connectivity index (χ1) is 5.36. The monoisotopic (exact) mass is 280 g/mol. The number of alkyl halides is 1. The van der Waals surface area contributed by atoms with Crippen molar-refractivity contribution in [3.8, 4) is 0 Å². The molecular weight excluding hydrogens is 259 g/mol. The Morgan fingerprint density at radius 2 is 1.67 bits per heavy atom. The fourth-order valence-electron chi connectivity index (χ4n) is 3.22. The summed E-state index contributed by atoms with van der Waals surface area (Å²) < 4.78 is 1.32. The quantitative estimate of drug-likeness (QED) is 0.500. The van der Waals surface area contributed by atoms with E-state index in [1.54, 1.807) is 0 Å². The molecule has 0 amide bonds. The van der Waals surface area contributed by atoms with Gasteiger partial charge in [-0.25, -0.2) is 0 Å². The summed E-state index contributed by atoms with van der Waals surface area (Å²) in [5, 5.41) is 0. The van der Waals surface area contributed by atoms with Gasteiger partial charge in [-0.1, -0.05) is 57.2 Å². The molecule has 0 N–H and O–H groups in total. The van der Waals surface area contributed by atoms with Crippen LogP contribution < -0.4 is 0 Å². The normalized spacial score (nSPS) is 42.5. The van der Waals surface area contributed by atoms with Gasteiger partial charge in [0.15, 0.2) is 0 Å². The summed E-state index contributed by atoms with van der Waals surface area (Å²) >= 11 is 2.57. The summed E-state index contributed by atoms with van der Waals surface area (Å²) in [5.41, 5.74) is 1.08. The summed E-state index contributed by atoms with van der Waals surface area (Å²) in [6.45, 7) is 12.0. The van der Waals surface area contributed by atoms with E-state index in [1.165, 1.54) is 10.8 Å². The van der Waals surface area contributed by atoms with E-state index in [2.05, 4.69) is 57.2 Å². The second kappa shape index (κ2) is 3.14. The van der Waals surface area contributed by atoms with E-state index in [0.29, 0.717) is 10.8 Å². The number of hydrogen-bond donors (Lipinski definition) is 0. The molecule has 2 atom stereocenters. The average Bonchev–Trinajstić information content (AvgIpc) is 1.85. The molecule has 1 saturated carbocycles. The van der Waals surface area contributed by atoms with Crippen LogP contribution in [0.3, 0.4) is 0 Å². The van der Waals surface area contributed by atoms with Crippen LogP contribution in [-0.4, -0.2) is 4.43 Å². The summed E-state index contributed by atoms with van der Waals surface area (Å²) in [6, 6.07) is 0. The molecule has 1 rings (SSSR count). The fraction of sp³-hybridized carbons (Fsp3) is 1.00. The van der Waals surface area contributed by atoms with Gasteiger partial charge in [0.25, 0.3) is 0 Å². The summed E-state index contributed by atoms with van der Waals surface area (Å²) in [4.78, 5) is 0. The van der Waals surface area contributed by atoms with E-state index in [9.17, 15) is 0 Å². The molecule has 1 aliphatic carbocycles. The van der Waals surface area contributed by atoms with E-state index in [1.807, 2.05) is 0 Å². The lowest BCUT2D eigenvalue weighted by Crippen LogP contribution is -2.56. The third-order valence-electron chi connectivity index (χ3n) is 4.08. The minimum atomic E-state index is 0.477. The molecule has 1 fully saturated rings. The Balaban J connectivity index is 2.90. The first-order valence-electron chi connectivity index (χ1n) is 4.92. The van der Waals surface area contributed by atoms with Gasteiger partial charge in [0.2, 0.25) is 0 Å². The maximum atomic E-state index is 2.57. The molecule has 0 aromatic heterocycles. The molecule has 0 saturated heterocycles. The Labute approximate surface area is 90.6 Å². The van der Waals surface area contributed by atoms with Crippen molar-refractivity contribution in [2.24, 2.45) is 22.7 Å². The zero-order valence-electron chi connectivity index (χ0n) is 8.95. The van der Waals surface area contributed by atoms with Crippen molar-refractivity contribution >= 4 is 22.6 Å². The maximum absolute atomic E-state index is 2.57. The first kappa shape index (κ1) is 10.8. The van der Waals surface area contributed by atoms with E-state index in [4.69, 9.17) is 0 Å². The number of hydrogen-bond acceptors (Lipinski definition) is 0. The molecule has 0 aliphatic heterocycles. The third kappa shape index (κ3) is 1.23. The molecule has 0 heterocycles. The highest BCUT2D eigenvalue weighted by Gasteiger charge is 2.55. The van der Waals surface area contributed by atoms with Crippen LogP contribution in [0.5, 0.6) is 0 Å². The van der Waals surface area contributed by atoms with Crippen LogP contribution in [0.1, 0.15) is 41.0 Å². The molecule has 72 valence electrons. The summed E-state index contributed by atoms with van der Waals surface area (Å²) in [5.74, 6) is 1.84. The Hall–Kier alpha value is 0.730. The van der Waals surface area contributed by atoms with Crippen molar-refractivity contribution in [1.29, 1.82) is 0 Å². The average molecular weight is 280 g/mol. The van der Waals surface area contributed by atoms with Crippen LogP contribution in [0.25, 0.3) is 0 Å². The zero-order chi connectivity index (χ0) is 9.57. The zero-order valence-corrected chi connectivity index (χ0v) is 11.1. The van der Waals surface area contributed by atoms with Crippen LogP contribution >= 0.6 is 22.6 Å². The van der Waals surface area contributed by atoms with Crippen molar-refractivity contribution in [3.63, 3.8) is 0 Å². The molecule has 0 bridgehead atoms. The van der Waals surface area contributed by atoms with Crippen LogP contribution in [-0.2, 0) is 0 Å². The van der Waals surface area contributed by atoms with E-state index in [0.717, 1.165) is 11.8 Å². The van der Waals surface area contributed by atoms with E-state index in [-0.39, 0.29) is 0 Å². The second-order valence-corrected chi connectivity index (χ2v) is 6.22. The van der Waals surface area contributed by atoms with Gasteiger partial charge in [-0.3, -0.25) is 0 Å². The first-order valence-corrected chi connectivity index (χ1v) is 6.44. The van der Waals surface area contributed by atoms with Gasteiger partial charge < -0.3 is 0 Å². The minimum Gasteiger partial charge on any atom is -0.0857 e. The summed E-state index contributed by atoms with van der Waals surface area (Å²) in [7, 11) is 0. The molecule has 12 heavy (non-hydrogen) atoms. The number of rotatable bonds is 1. The molecule has 0 aromatic rings. The van der Waals surface area contributed by atoms with Crippen LogP contribution in [0.15, 0.2) is 0 Å². The minimum absolute atomic E-state index is 0.477.